The molecule has 0 amide bonds. The van der Waals surface area contributed by atoms with Gasteiger partial charge >= 0.3 is 0 Å². The van der Waals surface area contributed by atoms with Crippen LogP contribution >= 0.6 is 11.6 Å². The Morgan fingerprint density at radius 2 is 1.71 bits per heavy atom. The lowest BCUT2D eigenvalue weighted by Crippen LogP contribution is -1.95. The average Bonchev–Trinajstić information content (AvgIpc) is 2.38. The van der Waals surface area contributed by atoms with Crippen molar-refractivity contribution in [2.75, 3.05) is 0 Å². The highest BCUT2D eigenvalue weighted by Crippen LogP contribution is 2.36. The molecule has 0 N–H and O–H groups in total. The average molecular weight is 245 g/mol. The van der Waals surface area contributed by atoms with Gasteiger partial charge < -0.3 is 0 Å². The molecule has 0 saturated heterocycles. The highest BCUT2D eigenvalue weighted by atomic mass is 35.5. The summed E-state index contributed by atoms with van der Waals surface area (Å²) in [4.78, 5) is 0. The number of benzene rings is 2. The van der Waals surface area contributed by atoms with E-state index in [1.807, 2.05) is 18.2 Å². The quantitative estimate of drug-likeness (QED) is 0.667. The molecule has 0 radical (unpaired) electrons. The minimum Gasteiger partial charge on any atom is -0.0837 e. The molecule has 0 aliphatic rings. The van der Waals surface area contributed by atoms with Crippen molar-refractivity contribution < 1.29 is 0 Å². The van der Waals surface area contributed by atoms with Crippen molar-refractivity contribution in [1.29, 1.82) is 0 Å². The molecule has 0 nitrogen and oxygen atoms in total. The summed E-state index contributed by atoms with van der Waals surface area (Å²) in [5.41, 5.74) is 3.73. The number of rotatable bonds is 3. The minimum absolute atomic E-state index is 0.531. The van der Waals surface area contributed by atoms with Crippen LogP contribution in [0.15, 0.2) is 48.5 Å². The topological polar surface area (TPSA) is 0 Å². The fourth-order valence-electron chi connectivity index (χ4n) is 2.08. The van der Waals surface area contributed by atoms with Crippen molar-refractivity contribution in [1.82, 2.24) is 0 Å². The van der Waals surface area contributed by atoms with Crippen LogP contribution in [0.1, 0.15) is 31.7 Å². The van der Waals surface area contributed by atoms with Gasteiger partial charge in [0.1, 0.15) is 0 Å². The summed E-state index contributed by atoms with van der Waals surface area (Å²) in [6, 6.07) is 16.6. The summed E-state index contributed by atoms with van der Waals surface area (Å²) in [6.45, 7) is 4.46. The van der Waals surface area contributed by atoms with Crippen LogP contribution in [0.2, 0.25) is 5.02 Å². The van der Waals surface area contributed by atoms with Gasteiger partial charge in [-0.05, 0) is 29.5 Å². The molecule has 2 aromatic rings. The van der Waals surface area contributed by atoms with E-state index in [9.17, 15) is 0 Å². The van der Waals surface area contributed by atoms with Crippen LogP contribution in [0.3, 0.4) is 0 Å². The van der Waals surface area contributed by atoms with E-state index in [0.717, 1.165) is 11.4 Å². The molecule has 0 heterocycles. The highest BCUT2D eigenvalue weighted by Gasteiger charge is 2.13. The summed E-state index contributed by atoms with van der Waals surface area (Å²) in [5, 5.41) is 0.842. The van der Waals surface area contributed by atoms with E-state index in [4.69, 9.17) is 11.6 Å². The maximum Gasteiger partial charge on any atom is 0.0487 e. The first-order valence-electron chi connectivity index (χ1n) is 6.08. The van der Waals surface area contributed by atoms with Crippen molar-refractivity contribution in [3.05, 3.63) is 59.1 Å². The number of hydrogen-bond donors (Lipinski definition) is 0. The van der Waals surface area contributed by atoms with Crippen molar-refractivity contribution in [2.24, 2.45) is 0 Å². The van der Waals surface area contributed by atoms with E-state index in [0.29, 0.717) is 5.92 Å². The molecule has 0 spiro atoms. The molecule has 88 valence electrons. The van der Waals surface area contributed by atoms with Gasteiger partial charge in [0.2, 0.25) is 0 Å². The minimum atomic E-state index is 0.531. The van der Waals surface area contributed by atoms with Gasteiger partial charge in [0.25, 0.3) is 0 Å². The maximum atomic E-state index is 6.36. The molecule has 0 saturated carbocycles. The van der Waals surface area contributed by atoms with E-state index in [2.05, 4.69) is 44.2 Å². The Kier molecular flexibility index (Phi) is 3.86. The van der Waals surface area contributed by atoms with Crippen molar-refractivity contribution in [2.45, 2.75) is 26.2 Å². The molecule has 1 unspecified atom stereocenters. The van der Waals surface area contributed by atoms with E-state index in [1.54, 1.807) is 0 Å². The molecule has 2 aromatic carbocycles. The van der Waals surface area contributed by atoms with E-state index in [-0.39, 0.29) is 0 Å². The lowest BCUT2D eigenvalue weighted by atomic mass is 9.90. The highest BCUT2D eigenvalue weighted by molar-refractivity contribution is 6.33. The molecule has 2 rings (SSSR count). The fourth-order valence-corrected chi connectivity index (χ4v) is 2.37. The Balaban J connectivity index is 2.59. The van der Waals surface area contributed by atoms with E-state index in [1.165, 1.54) is 16.7 Å². The lowest BCUT2D eigenvalue weighted by molar-refractivity contribution is 0.735. The lowest BCUT2D eigenvalue weighted by Gasteiger charge is -2.16. The van der Waals surface area contributed by atoms with Gasteiger partial charge in [0.15, 0.2) is 0 Å². The Hall–Kier alpha value is -1.27. The molecular formula is C16H17Cl. The van der Waals surface area contributed by atoms with Gasteiger partial charge in [-0.2, -0.15) is 0 Å². The molecule has 0 aliphatic heterocycles. The summed E-state index contributed by atoms with van der Waals surface area (Å²) in [7, 11) is 0. The SMILES string of the molecule is CCC(C)c1cccc(Cl)c1-c1ccccc1. The van der Waals surface area contributed by atoms with Crippen LogP contribution in [0.5, 0.6) is 0 Å². The third-order valence-electron chi connectivity index (χ3n) is 3.25. The first-order chi connectivity index (χ1) is 8.24. The van der Waals surface area contributed by atoms with Crippen LogP contribution in [0.25, 0.3) is 11.1 Å². The zero-order chi connectivity index (χ0) is 12.3. The van der Waals surface area contributed by atoms with Crippen LogP contribution in [0, 0.1) is 0 Å². The van der Waals surface area contributed by atoms with Crippen LogP contribution in [-0.2, 0) is 0 Å². The number of hydrogen-bond acceptors (Lipinski definition) is 0. The Labute approximate surface area is 108 Å². The van der Waals surface area contributed by atoms with Crippen molar-refractivity contribution >= 4 is 11.6 Å². The molecule has 0 fully saturated rings. The van der Waals surface area contributed by atoms with Crippen LogP contribution < -0.4 is 0 Å². The van der Waals surface area contributed by atoms with Gasteiger partial charge in [0.05, 0.1) is 0 Å². The molecular weight excluding hydrogens is 228 g/mol. The maximum absolute atomic E-state index is 6.36. The first kappa shape index (κ1) is 12.2. The summed E-state index contributed by atoms with van der Waals surface area (Å²) >= 11 is 6.36. The summed E-state index contributed by atoms with van der Waals surface area (Å²) in [6.07, 6.45) is 1.13. The molecule has 17 heavy (non-hydrogen) atoms. The summed E-state index contributed by atoms with van der Waals surface area (Å²) < 4.78 is 0. The smallest absolute Gasteiger partial charge is 0.0487 e. The van der Waals surface area contributed by atoms with Crippen LogP contribution in [-0.4, -0.2) is 0 Å². The molecule has 0 aromatic heterocycles. The molecule has 1 atom stereocenters. The van der Waals surface area contributed by atoms with Gasteiger partial charge in [-0.15, -0.1) is 0 Å². The Morgan fingerprint density at radius 1 is 1.00 bits per heavy atom. The normalized spacial score (nSPS) is 12.4. The van der Waals surface area contributed by atoms with Crippen LogP contribution in [0.4, 0.5) is 0 Å². The van der Waals surface area contributed by atoms with E-state index >= 15 is 0 Å². The summed E-state index contributed by atoms with van der Waals surface area (Å²) in [5.74, 6) is 0.531. The first-order valence-corrected chi connectivity index (χ1v) is 6.45. The fraction of sp³-hybridized carbons (Fsp3) is 0.250. The standard InChI is InChI=1S/C16H17Cl/c1-3-12(2)14-10-7-11-15(17)16(14)13-8-5-4-6-9-13/h4-12H,3H2,1-2H3. The monoisotopic (exact) mass is 244 g/mol. The molecule has 1 heteroatoms. The second-order valence-electron chi connectivity index (χ2n) is 4.38. The zero-order valence-electron chi connectivity index (χ0n) is 10.3. The largest absolute Gasteiger partial charge is 0.0837 e. The molecule has 0 aliphatic carbocycles. The van der Waals surface area contributed by atoms with Gasteiger partial charge in [-0.25, -0.2) is 0 Å². The second-order valence-corrected chi connectivity index (χ2v) is 4.79. The van der Waals surface area contributed by atoms with Crippen molar-refractivity contribution in [3.63, 3.8) is 0 Å². The number of halogens is 1. The van der Waals surface area contributed by atoms with Crippen molar-refractivity contribution in [3.8, 4) is 11.1 Å². The van der Waals surface area contributed by atoms with Gasteiger partial charge in [0, 0.05) is 10.6 Å². The third-order valence-corrected chi connectivity index (χ3v) is 3.57. The predicted molar refractivity (Wildman–Crippen MR) is 75.6 cm³/mol. The van der Waals surface area contributed by atoms with Gasteiger partial charge in [-0.3, -0.25) is 0 Å². The zero-order valence-corrected chi connectivity index (χ0v) is 11.0. The Bertz CT molecular complexity index is 488. The predicted octanol–water partition coefficient (Wildman–Crippen LogP) is 5.52. The third kappa shape index (κ3) is 2.53. The van der Waals surface area contributed by atoms with Gasteiger partial charge in [-0.1, -0.05) is 67.9 Å². The second kappa shape index (κ2) is 5.37. The Morgan fingerprint density at radius 3 is 2.35 bits per heavy atom. The molecule has 0 bridgehead atoms. The van der Waals surface area contributed by atoms with E-state index < -0.39 is 0 Å².